The highest BCUT2D eigenvalue weighted by atomic mass is 16.5. The van der Waals surface area contributed by atoms with E-state index in [1.54, 1.807) is 0 Å². The molecule has 0 bridgehead atoms. The predicted octanol–water partition coefficient (Wildman–Crippen LogP) is 2.51. The van der Waals surface area contributed by atoms with E-state index < -0.39 is 0 Å². The fourth-order valence-electron chi connectivity index (χ4n) is 3.83. The predicted molar refractivity (Wildman–Crippen MR) is 80.5 cm³/mol. The van der Waals surface area contributed by atoms with Gasteiger partial charge in [0, 0.05) is 32.3 Å². The minimum atomic E-state index is 0.736. The Morgan fingerprint density at radius 2 is 1.74 bits per heavy atom. The molecular formula is C16H32N2O. The molecule has 112 valence electrons. The van der Waals surface area contributed by atoms with Crippen LogP contribution in [-0.4, -0.2) is 51.3 Å². The number of ether oxygens (including phenoxy) is 1. The lowest BCUT2D eigenvalue weighted by molar-refractivity contribution is 0.0530. The lowest BCUT2D eigenvalue weighted by Crippen LogP contribution is -2.41. The fraction of sp³-hybridized carbons (Fsp3) is 1.00. The largest absolute Gasteiger partial charge is 0.381 e. The second-order valence-electron chi connectivity index (χ2n) is 6.57. The number of hydrogen-bond donors (Lipinski definition) is 1. The highest BCUT2D eigenvalue weighted by Gasteiger charge is 2.24. The maximum absolute atomic E-state index is 5.45. The summed E-state index contributed by atoms with van der Waals surface area (Å²) in [7, 11) is 4.45. The number of nitrogens with one attached hydrogen (secondary N) is 1. The third-order valence-electron chi connectivity index (χ3n) is 4.99. The van der Waals surface area contributed by atoms with Crippen LogP contribution < -0.4 is 5.32 Å². The third-order valence-corrected chi connectivity index (χ3v) is 4.99. The molecule has 0 aromatic heterocycles. The maximum atomic E-state index is 5.45. The molecule has 2 aliphatic rings. The number of rotatable bonds is 5. The average Bonchev–Trinajstić information content (AvgIpc) is 2.64. The molecule has 0 aromatic carbocycles. The molecule has 2 unspecified atom stereocenters. The zero-order chi connectivity index (χ0) is 13.5. The number of hydrogen-bond acceptors (Lipinski definition) is 3. The smallest absolute Gasteiger partial charge is 0.0469 e. The van der Waals surface area contributed by atoms with Crippen molar-refractivity contribution in [2.24, 2.45) is 11.8 Å². The molecule has 19 heavy (non-hydrogen) atoms. The van der Waals surface area contributed by atoms with Crippen molar-refractivity contribution < 1.29 is 4.74 Å². The van der Waals surface area contributed by atoms with Crippen LogP contribution in [0.15, 0.2) is 0 Å². The summed E-state index contributed by atoms with van der Waals surface area (Å²) in [4.78, 5) is 2.58. The van der Waals surface area contributed by atoms with Crippen LogP contribution in [0.4, 0.5) is 0 Å². The average molecular weight is 268 g/mol. The molecule has 1 saturated carbocycles. The normalized spacial score (nSPS) is 30.5. The summed E-state index contributed by atoms with van der Waals surface area (Å²) in [6, 6.07) is 0.736. The van der Waals surface area contributed by atoms with Crippen LogP contribution in [-0.2, 0) is 4.74 Å². The SMILES string of the molecule is CNC1CCCCCC1CN(C)CC1CCOCC1. The van der Waals surface area contributed by atoms with E-state index in [4.69, 9.17) is 4.74 Å². The second kappa shape index (κ2) is 8.23. The van der Waals surface area contributed by atoms with E-state index in [1.165, 1.54) is 58.0 Å². The Balaban J connectivity index is 1.76. The van der Waals surface area contributed by atoms with E-state index in [2.05, 4.69) is 24.3 Å². The molecule has 2 fully saturated rings. The lowest BCUT2D eigenvalue weighted by Gasteiger charge is -2.32. The Bertz CT molecular complexity index is 241. The molecule has 3 nitrogen and oxygen atoms in total. The Kier molecular flexibility index (Phi) is 6.62. The van der Waals surface area contributed by atoms with E-state index in [-0.39, 0.29) is 0 Å². The summed E-state index contributed by atoms with van der Waals surface area (Å²) in [5, 5.41) is 3.56. The molecule has 2 atom stereocenters. The van der Waals surface area contributed by atoms with Crippen molar-refractivity contribution in [1.29, 1.82) is 0 Å². The van der Waals surface area contributed by atoms with Crippen molar-refractivity contribution in [2.45, 2.75) is 51.0 Å². The van der Waals surface area contributed by atoms with Gasteiger partial charge in [-0.2, -0.15) is 0 Å². The van der Waals surface area contributed by atoms with E-state index in [0.29, 0.717) is 0 Å². The highest BCUT2D eigenvalue weighted by molar-refractivity contribution is 4.81. The summed E-state index contributed by atoms with van der Waals surface area (Å²) >= 11 is 0. The molecule has 0 aromatic rings. The summed E-state index contributed by atoms with van der Waals surface area (Å²) in [6.07, 6.45) is 9.54. The van der Waals surface area contributed by atoms with Gasteiger partial charge >= 0.3 is 0 Å². The van der Waals surface area contributed by atoms with E-state index in [9.17, 15) is 0 Å². The van der Waals surface area contributed by atoms with Crippen LogP contribution in [0.1, 0.15) is 44.9 Å². The van der Waals surface area contributed by atoms with Crippen molar-refractivity contribution in [2.75, 3.05) is 40.4 Å². The van der Waals surface area contributed by atoms with Crippen LogP contribution in [0.3, 0.4) is 0 Å². The molecular weight excluding hydrogens is 236 g/mol. The summed E-state index contributed by atoms with van der Waals surface area (Å²) < 4.78 is 5.45. The van der Waals surface area contributed by atoms with Crippen LogP contribution in [0.25, 0.3) is 0 Å². The zero-order valence-electron chi connectivity index (χ0n) is 12.9. The molecule has 1 aliphatic carbocycles. The van der Waals surface area contributed by atoms with Gasteiger partial charge in [-0.05, 0) is 51.6 Å². The van der Waals surface area contributed by atoms with E-state index >= 15 is 0 Å². The van der Waals surface area contributed by atoms with Crippen molar-refractivity contribution in [3.05, 3.63) is 0 Å². The van der Waals surface area contributed by atoms with Crippen LogP contribution in [0.5, 0.6) is 0 Å². The van der Waals surface area contributed by atoms with E-state index in [0.717, 1.165) is 31.1 Å². The van der Waals surface area contributed by atoms with Gasteiger partial charge in [-0.1, -0.05) is 19.3 Å². The lowest BCUT2D eigenvalue weighted by atomic mass is 9.93. The van der Waals surface area contributed by atoms with Gasteiger partial charge in [0.1, 0.15) is 0 Å². The van der Waals surface area contributed by atoms with Crippen LogP contribution >= 0.6 is 0 Å². The molecule has 1 heterocycles. The quantitative estimate of drug-likeness (QED) is 0.775. The van der Waals surface area contributed by atoms with Crippen molar-refractivity contribution in [3.8, 4) is 0 Å². The number of nitrogens with zero attached hydrogens (tertiary/aromatic N) is 1. The van der Waals surface area contributed by atoms with Crippen LogP contribution in [0.2, 0.25) is 0 Å². The van der Waals surface area contributed by atoms with Crippen molar-refractivity contribution in [1.82, 2.24) is 10.2 Å². The molecule has 0 spiro atoms. The van der Waals surface area contributed by atoms with Gasteiger partial charge in [-0.15, -0.1) is 0 Å². The standard InChI is InChI=1S/C16H32N2O/c1-17-16-7-5-3-4-6-15(16)13-18(2)12-14-8-10-19-11-9-14/h14-17H,3-13H2,1-2H3. The van der Waals surface area contributed by atoms with E-state index in [1.807, 2.05) is 0 Å². The monoisotopic (exact) mass is 268 g/mol. The minimum absolute atomic E-state index is 0.736. The highest BCUT2D eigenvalue weighted by Crippen LogP contribution is 2.25. The zero-order valence-corrected chi connectivity index (χ0v) is 12.9. The Morgan fingerprint density at radius 3 is 2.47 bits per heavy atom. The molecule has 0 amide bonds. The van der Waals surface area contributed by atoms with Crippen LogP contribution in [0, 0.1) is 11.8 Å². The van der Waals surface area contributed by atoms with Crippen molar-refractivity contribution in [3.63, 3.8) is 0 Å². The maximum Gasteiger partial charge on any atom is 0.0469 e. The Hall–Kier alpha value is -0.120. The first kappa shape index (κ1) is 15.3. The van der Waals surface area contributed by atoms with Gasteiger partial charge in [0.2, 0.25) is 0 Å². The first-order chi connectivity index (χ1) is 9.29. The fourth-order valence-corrected chi connectivity index (χ4v) is 3.83. The third kappa shape index (κ3) is 5.05. The van der Waals surface area contributed by atoms with Gasteiger partial charge in [-0.25, -0.2) is 0 Å². The molecule has 1 N–H and O–H groups in total. The second-order valence-corrected chi connectivity index (χ2v) is 6.57. The minimum Gasteiger partial charge on any atom is -0.381 e. The van der Waals surface area contributed by atoms with Gasteiger partial charge in [0.15, 0.2) is 0 Å². The van der Waals surface area contributed by atoms with Gasteiger partial charge in [0.25, 0.3) is 0 Å². The Morgan fingerprint density at radius 1 is 1.00 bits per heavy atom. The van der Waals surface area contributed by atoms with Gasteiger partial charge in [0.05, 0.1) is 0 Å². The summed E-state index contributed by atoms with van der Waals surface area (Å²) in [6.45, 7) is 4.47. The Labute approximate surface area is 119 Å². The molecule has 1 aliphatic heterocycles. The summed E-state index contributed by atoms with van der Waals surface area (Å²) in [5.41, 5.74) is 0. The topological polar surface area (TPSA) is 24.5 Å². The molecule has 0 radical (unpaired) electrons. The summed E-state index contributed by atoms with van der Waals surface area (Å²) in [5.74, 6) is 1.70. The first-order valence-electron chi connectivity index (χ1n) is 8.23. The first-order valence-corrected chi connectivity index (χ1v) is 8.23. The molecule has 1 saturated heterocycles. The van der Waals surface area contributed by atoms with Gasteiger partial charge in [-0.3, -0.25) is 0 Å². The van der Waals surface area contributed by atoms with Gasteiger partial charge < -0.3 is 15.0 Å². The van der Waals surface area contributed by atoms with Crippen molar-refractivity contribution >= 4 is 0 Å². The molecule has 2 rings (SSSR count). The molecule has 3 heteroatoms.